The Morgan fingerprint density at radius 3 is 2.76 bits per heavy atom. The summed E-state index contributed by atoms with van der Waals surface area (Å²) >= 11 is 7.16. The van der Waals surface area contributed by atoms with Crippen molar-refractivity contribution in [1.82, 2.24) is 5.32 Å². The predicted molar refractivity (Wildman–Crippen MR) is 113 cm³/mol. The van der Waals surface area contributed by atoms with Crippen molar-refractivity contribution < 1.29 is 24.2 Å². The number of rotatable bonds is 6. The molecule has 1 atom stereocenters. The molecule has 0 unspecified atom stereocenters. The van der Waals surface area contributed by atoms with Gasteiger partial charge in [0.2, 0.25) is 0 Å². The molecule has 0 radical (unpaired) electrons. The number of amides is 1. The van der Waals surface area contributed by atoms with Crippen LogP contribution in [0.2, 0.25) is 5.02 Å². The number of hydrogen-bond donors (Lipinski definition) is 2. The molecule has 1 amide bonds. The number of carbonyl (C=O) groups excluding carboxylic acids is 1. The van der Waals surface area contributed by atoms with Gasteiger partial charge < -0.3 is 19.9 Å². The van der Waals surface area contributed by atoms with E-state index in [1.165, 1.54) is 25.8 Å². The van der Waals surface area contributed by atoms with Gasteiger partial charge in [0, 0.05) is 5.02 Å². The molecule has 2 aromatic rings. The first-order valence-electron chi connectivity index (χ1n) is 8.48. The molecule has 0 saturated carbocycles. The molecule has 3 rings (SSSR count). The zero-order chi connectivity index (χ0) is 21.0. The van der Waals surface area contributed by atoms with E-state index in [9.17, 15) is 9.59 Å². The van der Waals surface area contributed by atoms with E-state index in [0.717, 1.165) is 0 Å². The van der Waals surface area contributed by atoms with Gasteiger partial charge in [0.15, 0.2) is 22.8 Å². The summed E-state index contributed by atoms with van der Waals surface area (Å²) < 4.78 is 10.7. The van der Waals surface area contributed by atoms with Gasteiger partial charge in [0.1, 0.15) is 0 Å². The van der Waals surface area contributed by atoms with Gasteiger partial charge in [-0.15, -0.1) is 0 Å². The second-order valence-corrected chi connectivity index (χ2v) is 7.44. The molecule has 2 N–H and O–H groups in total. The smallest absolute Gasteiger partial charge is 0.344 e. The van der Waals surface area contributed by atoms with Crippen LogP contribution < -0.4 is 14.8 Å². The molecule has 29 heavy (non-hydrogen) atoms. The summed E-state index contributed by atoms with van der Waals surface area (Å²) in [5, 5.41) is 12.7. The number of ether oxygens (including phenoxy) is 2. The van der Waals surface area contributed by atoms with Crippen LogP contribution in [-0.4, -0.2) is 35.4 Å². The third-order valence-corrected chi connectivity index (χ3v) is 4.97. The SMILES string of the molecule is COc1cc(/C=C2\SC(=Nc3cccc(Cl)c3)NC2=O)ccc1O[C@@H](C)C(=O)O. The fourth-order valence-electron chi connectivity index (χ4n) is 2.41. The average Bonchev–Trinajstić information content (AvgIpc) is 3.01. The second-order valence-electron chi connectivity index (χ2n) is 5.97. The first kappa shape index (κ1) is 20.8. The summed E-state index contributed by atoms with van der Waals surface area (Å²) in [5.74, 6) is -0.682. The van der Waals surface area contributed by atoms with Crippen LogP contribution in [0.1, 0.15) is 12.5 Å². The van der Waals surface area contributed by atoms with Gasteiger partial charge in [-0.25, -0.2) is 9.79 Å². The lowest BCUT2D eigenvalue weighted by atomic mass is 10.2. The van der Waals surface area contributed by atoms with Crippen molar-refractivity contribution in [2.45, 2.75) is 13.0 Å². The maximum Gasteiger partial charge on any atom is 0.344 e. The number of methoxy groups -OCH3 is 1. The van der Waals surface area contributed by atoms with Gasteiger partial charge in [-0.2, -0.15) is 0 Å². The molecular weight excluding hydrogens is 416 g/mol. The van der Waals surface area contributed by atoms with Crippen molar-refractivity contribution in [3.8, 4) is 11.5 Å². The highest BCUT2D eigenvalue weighted by molar-refractivity contribution is 8.18. The fourth-order valence-corrected chi connectivity index (χ4v) is 3.43. The number of nitrogens with zero attached hydrogens (tertiary/aromatic N) is 1. The van der Waals surface area contributed by atoms with Crippen LogP contribution in [0.4, 0.5) is 5.69 Å². The minimum Gasteiger partial charge on any atom is -0.493 e. The van der Waals surface area contributed by atoms with Crippen LogP contribution in [0.3, 0.4) is 0 Å². The standard InChI is InChI=1S/C20H17ClN2O5S/c1-11(19(25)26)28-15-7-6-12(8-16(15)27-2)9-17-18(24)23-20(29-17)22-14-5-3-4-13(21)10-14/h3-11H,1-2H3,(H,25,26)(H,22,23,24)/b17-9-/t11-/m0/s1. The predicted octanol–water partition coefficient (Wildman–Crippen LogP) is 4.09. The van der Waals surface area contributed by atoms with Gasteiger partial charge in [-0.05, 0) is 60.7 Å². The molecule has 1 aliphatic heterocycles. The molecule has 2 aromatic carbocycles. The molecule has 1 saturated heterocycles. The first-order chi connectivity index (χ1) is 13.9. The van der Waals surface area contributed by atoms with Crippen molar-refractivity contribution in [2.75, 3.05) is 7.11 Å². The largest absolute Gasteiger partial charge is 0.493 e. The van der Waals surface area contributed by atoms with Crippen LogP contribution in [0.25, 0.3) is 6.08 Å². The third-order valence-electron chi connectivity index (χ3n) is 3.83. The number of amidine groups is 1. The van der Waals surface area contributed by atoms with E-state index in [0.29, 0.717) is 37.8 Å². The lowest BCUT2D eigenvalue weighted by molar-refractivity contribution is -0.144. The fraction of sp³-hybridized carbons (Fsp3) is 0.150. The molecule has 9 heteroatoms. The Hall–Kier alpha value is -2.97. The monoisotopic (exact) mass is 432 g/mol. The highest BCUT2D eigenvalue weighted by atomic mass is 35.5. The van der Waals surface area contributed by atoms with Crippen LogP contribution in [-0.2, 0) is 9.59 Å². The van der Waals surface area contributed by atoms with Crippen molar-refractivity contribution in [1.29, 1.82) is 0 Å². The number of carboxylic acid groups (broad SMARTS) is 1. The van der Waals surface area contributed by atoms with E-state index >= 15 is 0 Å². The van der Waals surface area contributed by atoms with E-state index in [1.54, 1.807) is 48.5 Å². The number of aliphatic imine (C=N–C) groups is 1. The Balaban J connectivity index is 1.80. The molecule has 0 bridgehead atoms. The highest BCUT2D eigenvalue weighted by Gasteiger charge is 2.24. The molecule has 0 aliphatic carbocycles. The number of halogens is 1. The zero-order valence-electron chi connectivity index (χ0n) is 15.5. The summed E-state index contributed by atoms with van der Waals surface area (Å²) in [6.45, 7) is 1.43. The van der Waals surface area contributed by atoms with Gasteiger partial charge in [-0.3, -0.25) is 4.79 Å². The molecule has 7 nitrogen and oxygen atoms in total. The number of benzene rings is 2. The van der Waals surface area contributed by atoms with E-state index in [-0.39, 0.29) is 5.91 Å². The molecule has 0 aromatic heterocycles. The van der Waals surface area contributed by atoms with Crippen molar-refractivity contribution in [2.24, 2.45) is 4.99 Å². The topological polar surface area (TPSA) is 97.2 Å². The summed E-state index contributed by atoms with van der Waals surface area (Å²) in [4.78, 5) is 28.1. The lowest BCUT2D eigenvalue weighted by Gasteiger charge is -2.14. The van der Waals surface area contributed by atoms with Crippen LogP contribution in [0.5, 0.6) is 11.5 Å². The quantitative estimate of drug-likeness (QED) is 0.667. The van der Waals surface area contributed by atoms with Crippen LogP contribution >= 0.6 is 23.4 Å². The van der Waals surface area contributed by atoms with Gasteiger partial charge in [0.05, 0.1) is 17.7 Å². The Labute approximate surface area is 176 Å². The van der Waals surface area contributed by atoms with Gasteiger partial charge in [-0.1, -0.05) is 23.7 Å². The van der Waals surface area contributed by atoms with E-state index in [4.69, 9.17) is 26.2 Å². The summed E-state index contributed by atoms with van der Waals surface area (Å²) in [5.41, 5.74) is 1.33. The normalized spacial score (nSPS) is 17.3. The summed E-state index contributed by atoms with van der Waals surface area (Å²) in [7, 11) is 1.46. The Morgan fingerprint density at radius 2 is 2.07 bits per heavy atom. The van der Waals surface area contributed by atoms with Gasteiger partial charge >= 0.3 is 5.97 Å². The molecule has 0 spiro atoms. The summed E-state index contributed by atoms with van der Waals surface area (Å²) in [6, 6.07) is 12.0. The van der Waals surface area contributed by atoms with E-state index < -0.39 is 12.1 Å². The van der Waals surface area contributed by atoms with Crippen molar-refractivity contribution in [3.05, 3.63) is 58.0 Å². The van der Waals surface area contributed by atoms with Crippen LogP contribution in [0, 0.1) is 0 Å². The van der Waals surface area contributed by atoms with E-state index in [1.807, 2.05) is 0 Å². The first-order valence-corrected chi connectivity index (χ1v) is 9.68. The third kappa shape index (κ3) is 5.30. The Bertz CT molecular complexity index is 1020. The molecule has 1 heterocycles. The number of hydrogen-bond acceptors (Lipinski definition) is 6. The van der Waals surface area contributed by atoms with Crippen molar-refractivity contribution >= 4 is 52.2 Å². The maximum absolute atomic E-state index is 12.3. The van der Waals surface area contributed by atoms with E-state index in [2.05, 4.69) is 10.3 Å². The Morgan fingerprint density at radius 1 is 1.28 bits per heavy atom. The highest BCUT2D eigenvalue weighted by Crippen LogP contribution is 2.33. The number of nitrogens with one attached hydrogen (secondary N) is 1. The molecule has 150 valence electrons. The minimum absolute atomic E-state index is 0.269. The van der Waals surface area contributed by atoms with Crippen LogP contribution in [0.15, 0.2) is 52.4 Å². The average molecular weight is 433 g/mol. The molecular formula is C20H17ClN2O5S. The maximum atomic E-state index is 12.3. The lowest BCUT2D eigenvalue weighted by Crippen LogP contribution is -2.23. The Kier molecular flexibility index (Phi) is 6.46. The number of aliphatic carboxylic acids is 1. The number of carboxylic acids is 1. The second kappa shape index (κ2) is 9.02. The number of thioether (sulfide) groups is 1. The minimum atomic E-state index is -1.08. The van der Waals surface area contributed by atoms with Crippen molar-refractivity contribution in [3.63, 3.8) is 0 Å². The zero-order valence-corrected chi connectivity index (χ0v) is 17.1. The molecule has 1 aliphatic rings. The van der Waals surface area contributed by atoms with Gasteiger partial charge in [0.25, 0.3) is 5.91 Å². The molecule has 1 fully saturated rings. The summed E-state index contributed by atoms with van der Waals surface area (Å²) in [6.07, 6.45) is 0.669. The number of carbonyl (C=O) groups is 2.